The van der Waals surface area contributed by atoms with Gasteiger partial charge in [0.15, 0.2) is 18.9 Å². The minimum Gasteiger partial charge on any atom is -0.394 e. The predicted molar refractivity (Wildman–Crippen MR) is 430 cm³/mol. The van der Waals surface area contributed by atoms with Crippen molar-refractivity contribution in [2.75, 3.05) is 26.4 Å². The van der Waals surface area contributed by atoms with E-state index in [0.717, 1.165) is 44.9 Å². The number of hydrogen-bond acceptors (Lipinski definition) is 18. The van der Waals surface area contributed by atoms with Crippen LogP contribution in [0.3, 0.4) is 0 Å². The number of rotatable bonds is 76. The fourth-order valence-electron chi connectivity index (χ4n) is 16.1. The summed E-state index contributed by atoms with van der Waals surface area (Å²) in [5.74, 6) is -0.231. The van der Waals surface area contributed by atoms with E-state index in [-0.39, 0.29) is 18.9 Å². The molecule has 17 unspecified atom stereocenters. The van der Waals surface area contributed by atoms with Crippen molar-refractivity contribution < 1.29 is 89.4 Å². The predicted octanol–water partition coefficient (Wildman–Crippen LogP) is 17.3. The number of unbranched alkanes of at least 4 members (excludes halogenated alkanes) is 60. The molecule has 3 heterocycles. The molecule has 0 radical (unpaired) electrons. The van der Waals surface area contributed by atoms with Crippen LogP contribution < -0.4 is 5.32 Å². The Hall–Kier alpha value is -1.21. The van der Waals surface area contributed by atoms with E-state index in [1.807, 2.05) is 0 Å². The molecule has 0 aromatic rings. The summed E-state index contributed by atoms with van der Waals surface area (Å²) in [6, 6.07) is -0.884. The molecule has 0 aliphatic carbocycles. The smallest absolute Gasteiger partial charge is 0.220 e. The van der Waals surface area contributed by atoms with Crippen LogP contribution in [0.1, 0.15) is 425 Å². The Labute approximate surface area is 653 Å². The van der Waals surface area contributed by atoms with Crippen LogP contribution in [0.4, 0.5) is 0 Å². The standard InChI is InChI=1S/C88H171NO18/c1-3-5-7-9-11-13-15-17-19-21-23-25-27-29-31-33-35-36-38-40-42-44-46-48-50-52-54-56-58-60-62-64-66-76(94)89-71(72(93)65-63-61-59-57-55-53-51-49-47-45-43-41-39-37-34-32-30-28-26-24-22-20-18-16-14-12-10-8-6-4-2)70-102-86-82(100)79(97)84(74(68-91)104-86)107-88-83(101)80(98)85(75(69-92)105-88)106-87-81(99)78(96)77(95)73(67-90)103-87/h71-75,77-88,90-93,95-101H,3-70H2,1-2H3,(H,89,94). The zero-order chi connectivity index (χ0) is 77.4. The number of carbonyl (C=O) groups excluding carboxylic acids is 1. The average Bonchev–Trinajstić information content (AvgIpc) is 0.781. The number of amides is 1. The Kier molecular flexibility index (Phi) is 64.6. The summed E-state index contributed by atoms with van der Waals surface area (Å²) in [5.41, 5.74) is 0. The molecule has 19 nitrogen and oxygen atoms in total. The van der Waals surface area contributed by atoms with Crippen molar-refractivity contribution in [3.8, 4) is 0 Å². The number of aliphatic hydroxyl groups excluding tert-OH is 11. The average molecular weight is 1530 g/mol. The normalized spacial score (nSPS) is 25.4. The van der Waals surface area contributed by atoms with Gasteiger partial charge in [0.1, 0.15) is 73.2 Å². The Balaban J connectivity index is 1.31. The molecule has 0 aromatic carbocycles. The molecular weight excluding hydrogens is 1360 g/mol. The van der Waals surface area contributed by atoms with Gasteiger partial charge in [-0.05, 0) is 12.8 Å². The molecule has 107 heavy (non-hydrogen) atoms. The molecule has 12 N–H and O–H groups in total. The molecule has 3 rings (SSSR count). The lowest BCUT2D eigenvalue weighted by atomic mass is 9.96. The molecule has 19 heteroatoms. The number of carbonyl (C=O) groups is 1. The van der Waals surface area contributed by atoms with Crippen LogP contribution in [-0.4, -0.2) is 193 Å². The maximum Gasteiger partial charge on any atom is 0.220 e. The van der Waals surface area contributed by atoms with Gasteiger partial charge in [0.25, 0.3) is 0 Å². The van der Waals surface area contributed by atoms with E-state index in [1.54, 1.807) is 0 Å². The third-order valence-corrected chi connectivity index (χ3v) is 23.4. The monoisotopic (exact) mass is 1530 g/mol. The zero-order valence-electron chi connectivity index (χ0n) is 68.7. The molecule has 3 aliphatic rings. The van der Waals surface area contributed by atoms with Gasteiger partial charge in [-0.1, -0.05) is 406 Å². The lowest BCUT2D eigenvalue weighted by molar-refractivity contribution is -0.379. The quantitative estimate of drug-likeness (QED) is 0.0252. The van der Waals surface area contributed by atoms with Crippen molar-refractivity contribution in [2.45, 2.75) is 529 Å². The van der Waals surface area contributed by atoms with E-state index in [2.05, 4.69) is 19.2 Å². The van der Waals surface area contributed by atoms with Gasteiger partial charge < -0.3 is 89.9 Å². The summed E-state index contributed by atoms with van der Waals surface area (Å²) in [7, 11) is 0. The molecule has 636 valence electrons. The molecule has 0 spiro atoms. The van der Waals surface area contributed by atoms with Crippen molar-refractivity contribution >= 4 is 5.91 Å². The van der Waals surface area contributed by atoms with Crippen LogP contribution in [0.15, 0.2) is 0 Å². The molecule has 1 amide bonds. The first-order chi connectivity index (χ1) is 52.3. The van der Waals surface area contributed by atoms with Crippen LogP contribution >= 0.6 is 0 Å². The van der Waals surface area contributed by atoms with Crippen LogP contribution in [0.25, 0.3) is 0 Å². The SMILES string of the molecule is CCCCCCCCCCCCCCCCCCCCCCCCCCCCCCCCCCC(=O)NC(COC1OC(CO)C(OC2OC(CO)C(OC3OC(CO)C(O)C(O)C3O)C(O)C2O)C(O)C1O)C(O)CCCCCCCCCCCCCCCCCCCCCCCCCCCCCCCC. The third kappa shape index (κ3) is 48.1. The maximum atomic E-state index is 13.5. The van der Waals surface area contributed by atoms with Crippen LogP contribution in [0, 0.1) is 0 Å². The second kappa shape index (κ2) is 69.1. The van der Waals surface area contributed by atoms with Crippen molar-refractivity contribution in [1.29, 1.82) is 0 Å². The lowest BCUT2D eigenvalue weighted by Gasteiger charge is -2.48. The Morgan fingerprint density at radius 3 is 0.813 bits per heavy atom. The van der Waals surface area contributed by atoms with E-state index in [1.165, 1.54) is 347 Å². The molecule has 3 aliphatic heterocycles. The van der Waals surface area contributed by atoms with Crippen LogP contribution in [0.5, 0.6) is 0 Å². The first kappa shape index (κ1) is 100.0. The van der Waals surface area contributed by atoms with Crippen molar-refractivity contribution in [2.24, 2.45) is 0 Å². The van der Waals surface area contributed by atoms with Gasteiger partial charge in [0.2, 0.25) is 5.91 Å². The van der Waals surface area contributed by atoms with Crippen molar-refractivity contribution in [3.63, 3.8) is 0 Å². The van der Waals surface area contributed by atoms with Gasteiger partial charge >= 0.3 is 0 Å². The summed E-state index contributed by atoms with van der Waals surface area (Å²) in [6.07, 6.45) is 56.5. The lowest BCUT2D eigenvalue weighted by Crippen LogP contribution is -2.66. The second-order valence-corrected chi connectivity index (χ2v) is 33.1. The second-order valence-electron chi connectivity index (χ2n) is 33.1. The summed E-state index contributed by atoms with van der Waals surface area (Å²) in [5, 5.41) is 121. The fraction of sp³-hybridized carbons (Fsp3) is 0.989. The molecule has 3 fully saturated rings. The highest BCUT2D eigenvalue weighted by molar-refractivity contribution is 5.76. The molecule has 0 bridgehead atoms. The molecular formula is C88H171NO18. The summed E-state index contributed by atoms with van der Waals surface area (Å²) in [6.45, 7) is 1.89. The molecule has 17 atom stereocenters. The van der Waals surface area contributed by atoms with E-state index in [4.69, 9.17) is 28.4 Å². The van der Waals surface area contributed by atoms with Crippen molar-refractivity contribution in [1.82, 2.24) is 5.32 Å². The number of hydrogen-bond donors (Lipinski definition) is 12. The van der Waals surface area contributed by atoms with E-state index < -0.39 is 124 Å². The first-order valence-electron chi connectivity index (χ1n) is 45.8. The minimum atomic E-state index is -1.97. The molecule has 0 aromatic heterocycles. The number of ether oxygens (including phenoxy) is 6. The summed E-state index contributed by atoms with van der Waals surface area (Å²) in [4.78, 5) is 13.5. The summed E-state index contributed by atoms with van der Waals surface area (Å²) >= 11 is 0. The van der Waals surface area contributed by atoms with E-state index in [0.29, 0.717) is 12.8 Å². The number of nitrogens with one attached hydrogen (secondary N) is 1. The highest BCUT2D eigenvalue weighted by atomic mass is 16.8. The van der Waals surface area contributed by atoms with Gasteiger partial charge in [-0.25, -0.2) is 0 Å². The zero-order valence-corrected chi connectivity index (χ0v) is 68.7. The maximum absolute atomic E-state index is 13.5. The van der Waals surface area contributed by atoms with Gasteiger partial charge in [-0.15, -0.1) is 0 Å². The van der Waals surface area contributed by atoms with Crippen molar-refractivity contribution in [3.05, 3.63) is 0 Å². The van der Waals surface area contributed by atoms with Gasteiger partial charge in [-0.3, -0.25) is 4.79 Å². The first-order valence-corrected chi connectivity index (χ1v) is 45.8. The Morgan fingerprint density at radius 1 is 0.299 bits per heavy atom. The van der Waals surface area contributed by atoms with E-state index in [9.17, 15) is 61.0 Å². The summed E-state index contributed by atoms with van der Waals surface area (Å²) < 4.78 is 34.6. The Bertz CT molecular complexity index is 1930. The van der Waals surface area contributed by atoms with Crippen LogP contribution in [-0.2, 0) is 33.2 Å². The van der Waals surface area contributed by atoms with Gasteiger partial charge in [0, 0.05) is 6.42 Å². The highest BCUT2D eigenvalue weighted by Crippen LogP contribution is 2.34. The molecule has 0 saturated carbocycles. The number of aliphatic hydroxyl groups is 11. The van der Waals surface area contributed by atoms with Gasteiger partial charge in [-0.2, -0.15) is 0 Å². The topological polar surface area (TPSA) is 307 Å². The fourth-order valence-corrected chi connectivity index (χ4v) is 16.1. The minimum absolute atomic E-state index is 0.231. The largest absolute Gasteiger partial charge is 0.394 e. The van der Waals surface area contributed by atoms with Crippen LogP contribution in [0.2, 0.25) is 0 Å². The highest BCUT2D eigenvalue weighted by Gasteiger charge is 2.54. The van der Waals surface area contributed by atoms with E-state index >= 15 is 0 Å². The molecule has 3 saturated heterocycles. The van der Waals surface area contributed by atoms with Gasteiger partial charge in [0.05, 0.1) is 38.6 Å². The third-order valence-electron chi connectivity index (χ3n) is 23.4. The Morgan fingerprint density at radius 2 is 0.533 bits per heavy atom.